The van der Waals surface area contributed by atoms with Crippen LogP contribution < -0.4 is 10.1 Å². The molecule has 0 aliphatic carbocycles. The number of H-pyrrole nitrogens is 1. The highest BCUT2D eigenvalue weighted by Gasteiger charge is 2.11. The number of fused-ring (bicyclic) bond motifs is 1. The van der Waals surface area contributed by atoms with Gasteiger partial charge in [0.2, 0.25) is 5.88 Å². The van der Waals surface area contributed by atoms with Gasteiger partial charge in [0, 0.05) is 24.4 Å². The molecule has 0 atom stereocenters. The summed E-state index contributed by atoms with van der Waals surface area (Å²) in [4.78, 5) is 25.9. The molecule has 0 bridgehead atoms. The molecule has 7 heteroatoms. The van der Waals surface area contributed by atoms with Crippen LogP contribution in [0.4, 0.5) is 5.69 Å². The van der Waals surface area contributed by atoms with Gasteiger partial charge in [-0.1, -0.05) is 6.07 Å². The zero-order valence-corrected chi connectivity index (χ0v) is 13.6. The SMILES string of the molecule is CN(C)CCOc1cc(C(=O)Nc2cccc3[nH]cnc23)ccn1. The van der Waals surface area contributed by atoms with Gasteiger partial charge in [-0.2, -0.15) is 0 Å². The molecule has 124 valence electrons. The van der Waals surface area contributed by atoms with E-state index < -0.39 is 0 Å². The molecule has 0 fully saturated rings. The molecule has 0 saturated heterocycles. The lowest BCUT2D eigenvalue weighted by Gasteiger charge is -2.11. The van der Waals surface area contributed by atoms with Gasteiger partial charge < -0.3 is 19.9 Å². The summed E-state index contributed by atoms with van der Waals surface area (Å²) in [6.07, 6.45) is 3.17. The van der Waals surface area contributed by atoms with Gasteiger partial charge in [-0.25, -0.2) is 9.97 Å². The number of nitrogens with one attached hydrogen (secondary N) is 2. The highest BCUT2D eigenvalue weighted by Crippen LogP contribution is 2.20. The number of hydrogen-bond acceptors (Lipinski definition) is 5. The predicted octanol–water partition coefficient (Wildman–Crippen LogP) is 2.15. The smallest absolute Gasteiger partial charge is 0.255 e. The first-order valence-electron chi connectivity index (χ1n) is 7.60. The maximum absolute atomic E-state index is 12.5. The summed E-state index contributed by atoms with van der Waals surface area (Å²) in [5.41, 5.74) is 2.74. The number of ether oxygens (including phenoxy) is 1. The van der Waals surface area contributed by atoms with Crippen LogP contribution in [0.3, 0.4) is 0 Å². The summed E-state index contributed by atoms with van der Waals surface area (Å²) >= 11 is 0. The van der Waals surface area contributed by atoms with Gasteiger partial charge in [-0.3, -0.25) is 4.79 Å². The Labute approximate surface area is 139 Å². The van der Waals surface area contributed by atoms with Crippen molar-refractivity contribution in [3.8, 4) is 5.88 Å². The summed E-state index contributed by atoms with van der Waals surface area (Å²) in [5.74, 6) is 0.202. The molecule has 2 heterocycles. The van der Waals surface area contributed by atoms with Gasteiger partial charge in [0.15, 0.2) is 0 Å². The van der Waals surface area contributed by atoms with Crippen LogP contribution in [0, 0.1) is 0 Å². The molecule has 0 unspecified atom stereocenters. The number of hydrogen-bond donors (Lipinski definition) is 2. The van der Waals surface area contributed by atoms with Gasteiger partial charge in [0.05, 0.1) is 17.5 Å². The fraction of sp³-hybridized carbons (Fsp3) is 0.235. The molecule has 7 nitrogen and oxygen atoms in total. The quantitative estimate of drug-likeness (QED) is 0.725. The van der Waals surface area contributed by atoms with Crippen LogP contribution in [0.5, 0.6) is 5.88 Å². The predicted molar refractivity (Wildman–Crippen MR) is 92.3 cm³/mol. The normalized spacial score (nSPS) is 11.0. The Morgan fingerprint density at radius 2 is 2.17 bits per heavy atom. The van der Waals surface area contributed by atoms with E-state index in [1.807, 2.05) is 37.2 Å². The third-order valence-electron chi connectivity index (χ3n) is 3.48. The molecule has 1 aromatic carbocycles. The number of aromatic amines is 1. The van der Waals surface area contributed by atoms with Crippen molar-refractivity contribution in [1.82, 2.24) is 19.9 Å². The van der Waals surface area contributed by atoms with Crippen molar-refractivity contribution in [2.24, 2.45) is 0 Å². The molecular weight excluding hydrogens is 306 g/mol. The first-order chi connectivity index (χ1) is 11.6. The van der Waals surface area contributed by atoms with Gasteiger partial charge in [0.1, 0.15) is 12.1 Å². The molecule has 0 aliphatic heterocycles. The van der Waals surface area contributed by atoms with E-state index in [2.05, 4.69) is 20.3 Å². The highest BCUT2D eigenvalue weighted by atomic mass is 16.5. The zero-order valence-electron chi connectivity index (χ0n) is 13.6. The molecule has 24 heavy (non-hydrogen) atoms. The maximum Gasteiger partial charge on any atom is 0.255 e. The van der Waals surface area contributed by atoms with Crippen molar-refractivity contribution in [2.75, 3.05) is 32.6 Å². The van der Waals surface area contributed by atoms with Crippen molar-refractivity contribution in [3.63, 3.8) is 0 Å². The molecule has 3 aromatic rings. The summed E-state index contributed by atoms with van der Waals surface area (Å²) in [6.45, 7) is 1.29. The number of likely N-dealkylation sites (N-methyl/N-ethyl adjacent to an activating group) is 1. The fourth-order valence-electron chi connectivity index (χ4n) is 2.22. The Hall–Kier alpha value is -2.93. The largest absolute Gasteiger partial charge is 0.476 e. The molecule has 0 aliphatic rings. The van der Waals surface area contributed by atoms with E-state index in [-0.39, 0.29) is 5.91 Å². The standard InChI is InChI=1S/C17H19N5O2/c1-22(2)8-9-24-15-10-12(6-7-18-15)17(23)21-14-5-3-4-13-16(14)20-11-19-13/h3-7,10-11H,8-9H2,1-2H3,(H,19,20)(H,21,23). The Morgan fingerprint density at radius 3 is 3.00 bits per heavy atom. The zero-order chi connectivity index (χ0) is 16.9. The number of amides is 1. The van der Waals surface area contributed by atoms with Crippen molar-refractivity contribution in [1.29, 1.82) is 0 Å². The minimum Gasteiger partial charge on any atom is -0.476 e. The van der Waals surface area contributed by atoms with Gasteiger partial charge >= 0.3 is 0 Å². The number of anilines is 1. The lowest BCUT2D eigenvalue weighted by atomic mass is 10.2. The Bertz CT molecular complexity index is 844. The third kappa shape index (κ3) is 3.69. The van der Waals surface area contributed by atoms with E-state index in [0.717, 1.165) is 17.6 Å². The van der Waals surface area contributed by atoms with Crippen molar-refractivity contribution < 1.29 is 9.53 Å². The van der Waals surface area contributed by atoms with E-state index in [1.54, 1.807) is 24.7 Å². The number of benzene rings is 1. The van der Waals surface area contributed by atoms with Crippen molar-refractivity contribution in [3.05, 3.63) is 48.4 Å². The Balaban J connectivity index is 1.72. The van der Waals surface area contributed by atoms with Crippen LogP contribution in [-0.4, -0.2) is 53.0 Å². The summed E-state index contributed by atoms with van der Waals surface area (Å²) in [5, 5.41) is 2.88. The van der Waals surface area contributed by atoms with Crippen LogP contribution in [0.2, 0.25) is 0 Å². The van der Waals surface area contributed by atoms with Crippen molar-refractivity contribution >= 4 is 22.6 Å². The Kier molecular flexibility index (Phi) is 4.72. The lowest BCUT2D eigenvalue weighted by molar-refractivity contribution is 0.102. The minimum atomic E-state index is -0.231. The number of para-hydroxylation sites is 1. The van der Waals surface area contributed by atoms with Crippen molar-refractivity contribution in [2.45, 2.75) is 0 Å². The second kappa shape index (κ2) is 7.10. The summed E-state index contributed by atoms with van der Waals surface area (Å²) in [6, 6.07) is 8.87. The maximum atomic E-state index is 12.5. The van der Waals surface area contributed by atoms with E-state index in [1.165, 1.54) is 0 Å². The second-order valence-corrected chi connectivity index (χ2v) is 5.59. The number of rotatable bonds is 6. The topological polar surface area (TPSA) is 83.1 Å². The molecule has 1 amide bonds. The molecule has 0 radical (unpaired) electrons. The van der Waals surface area contributed by atoms with Crippen LogP contribution in [0.25, 0.3) is 11.0 Å². The van der Waals surface area contributed by atoms with Crippen LogP contribution in [-0.2, 0) is 0 Å². The first-order valence-corrected chi connectivity index (χ1v) is 7.60. The number of pyridine rings is 1. The number of carbonyl (C=O) groups excluding carboxylic acids is 1. The molecule has 0 saturated carbocycles. The Morgan fingerprint density at radius 1 is 1.29 bits per heavy atom. The number of nitrogens with zero attached hydrogens (tertiary/aromatic N) is 3. The third-order valence-corrected chi connectivity index (χ3v) is 3.48. The number of carbonyl (C=O) groups is 1. The van der Waals surface area contributed by atoms with Crippen LogP contribution in [0.1, 0.15) is 10.4 Å². The van der Waals surface area contributed by atoms with E-state index in [0.29, 0.717) is 23.7 Å². The molecule has 0 spiro atoms. The molecule has 2 aromatic heterocycles. The minimum absolute atomic E-state index is 0.231. The fourth-order valence-corrected chi connectivity index (χ4v) is 2.22. The average molecular weight is 325 g/mol. The monoisotopic (exact) mass is 325 g/mol. The second-order valence-electron chi connectivity index (χ2n) is 5.59. The van der Waals surface area contributed by atoms with Crippen LogP contribution >= 0.6 is 0 Å². The van der Waals surface area contributed by atoms with Gasteiger partial charge in [-0.15, -0.1) is 0 Å². The van der Waals surface area contributed by atoms with Crippen LogP contribution in [0.15, 0.2) is 42.9 Å². The molecule has 3 rings (SSSR count). The first kappa shape index (κ1) is 15.9. The summed E-state index contributed by atoms with van der Waals surface area (Å²) < 4.78 is 5.57. The number of imidazole rings is 1. The van der Waals surface area contributed by atoms with E-state index in [4.69, 9.17) is 4.74 Å². The van der Waals surface area contributed by atoms with E-state index in [9.17, 15) is 4.79 Å². The lowest BCUT2D eigenvalue weighted by Crippen LogP contribution is -2.20. The average Bonchev–Trinajstić information content (AvgIpc) is 3.04. The molecule has 2 N–H and O–H groups in total. The van der Waals surface area contributed by atoms with E-state index >= 15 is 0 Å². The number of aromatic nitrogens is 3. The summed E-state index contributed by atoms with van der Waals surface area (Å²) in [7, 11) is 3.94. The highest BCUT2D eigenvalue weighted by molar-refractivity contribution is 6.08. The van der Waals surface area contributed by atoms with Gasteiger partial charge in [0.25, 0.3) is 5.91 Å². The van der Waals surface area contributed by atoms with Gasteiger partial charge in [-0.05, 0) is 32.3 Å². The molecular formula is C17H19N5O2.